The van der Waals surface area contributed by atoms with Crippen LogP contribution in [-0.2, 0) is 13.1 Å². The van der Waals surface area contributed by atoms with E-state index in [9.17, 15) is 4.79 Å². The first kappa shape index (κ1) is 19.9. The van der Waals surface area contributed by atoms with Gasteiger partial charge in [0.2, 0.25) is 5.78 Å². The summed E-state index contributed by atoms with van der Waals surface area (Å²) >= 11 is 0. The summed E-state index contributed by atoms with van der Waals surface area (Å²) in [5, 5.41) is 1.01. The normalized spacial score (nSPS) is 18.6. The molecule has 31 heavy (non-hydrogen) atoms. The number of hydrogen-bond acceptors (Lipinski definition) is 4. The molecule has 2 aliphatic rings. The molecule has 1 aromatic heterocycles. The predicted octanol–water partition coefficient (Wildman–Crippen LogP) is 4.69. The van der Waals surface area contributed by atoms with Gasteiger partial charge in [-0.05, 0) is 49.5 Å². The average molecular weight is 417 g/mol. The van der Waals surface area contributed by atoms with Gasteiger partial charge in [0.25, 0.3) is 0 Å². The molecule has 0 aliphatic carbocycles. The SMILES string of the molecule is COc1cc2cc3n(c2cc1OC)CC(=CC1CCN(Cc2ccccc2)CC1)C3=O. The van der Waals surface area contributed by atoms with Crippen molar-refractivity contribution in [1.29, 1.82) is 0 Å². The van der Waals surface area contributed by atoms with Crippen molar-refractivity contribution in [2.24, 2.45) is 5.92 Å². The summed E-state index contributed by atoms with van der Waals surface area (Å²) in [6.07, 6.45) is 4.44. The number of carbonyl (C=O) groups is 1. The lowest BCUT2D eigenvalue weighted by atomic mass is 9.93. The summed E-state index contributed by atoms with van der Waals surface area (Å²) in [4.78, 5) is 15.6. The summed E-state index contributed by atoms with van der Waals surface area (Å²) in [5.41, 5.74) is 4.07. The number of fused-ring (bicyclic) bond motifs is 3. The summed E-state index contributed by atoms with van der Waals surface area (Å²) in [6, 6.07) is 16.5. The lowest BCUT2D eigenvalue weighted by molar-refractivity contribution is 0.103. The van der Waals surface area contributed by atoms with E-state index in [4.69, 9.17) is 9.47 Å². The standard InChI is InChI=1S/C26H28N2O3/c1-30-24-14-20-13-23-26(29)21(17-28(23)22(20)15-25(24)31-2)12-18-8-10-27(11-9-18)16-19-6-4-3-5-7-19/h3-7,12-15,18H,8-11,16-17H2,1-2H3. The Labute approximate surface area is 182 Å². The smallest absolute Gasteiger partial charge is 0.206 e. The van der Waals surface area contributed by atoms with E-state index >= 15 is 0 Å². The minimum Gasteiger partial charge on any atom is -0.493 e. The maximum atomic E-state index is 13.1. The molecule has 0 amide bonds. The number of hydrogen-bond donors (Lipinski definition) is 0. The van der Waals surface area contributed by atoms with Gasteiger partial charge in [0.15, 0.2) is 11.5 Å². The zero-order valence-corrected chi connectivity index (χ0v) is 18.1. The van der Waals surface area contributed by atoms with Crippen LogP contribution in [0.25, 0.3) is 10.9 Å². The second-order valence-corrected chi connectivity index (χ2v) is 8.50. The van der Waals surface area contributed by atoms with E-state index in [-0.39, 0.29) is 5.78 Å². The Hall–Kier alpha value is -3.05. The Kier molecular flexibility index (Phi) is 5.28. The van der Waals surface area contributed by atoms with Crippen molar-refractivity contribution in [3.8, 4) is 11.5 Å². The molecule has 5 rings (SSSR count). The number of nitrogens with zero attached hydrogens (tertiary/aromatic N) is 2. The van der Waals surface area contributed by atoms with E-state index in [1.807, 2.05) is 18.2 Å². The number of carbonyl (C=O) groups excluding carboxylic acids is 1. The molecule has 5 heteroatoms. The van der Waals surface area contributed by atoms with Crippen LogP contribution in [0.1, 0.15) is 28.9 Å². The second-order valence-electron chi connectivity index (χ2n) is 8.50. The van der Waals surface area contributed by atoms with Gasteiger partial charge in [0.05, 0.1) is 32.0 Å². The predicted molar refractivity (Wildman–Crippen MR) is 122 cm³/mol. The number of likely N-dealkylation sites (tertiary alicyclic amines) is 1. The molecule has 1 fully saturated rings. The molecule has 0 spiro atoms. The first-order chi connectivity index (χ1) is 15.2. The Morgan fingerprint density at radius 2 is 1.71 bits per heavy atom. The number of rotatable bonds is 5. The van der Waals surface area contributed by atoms with Crippen LogP contribution in [0.4, 0.5) is 0 Å². The van der Waals surface area contributed by atoms with Crippen LogP contribution >= 0.6 is 0 Å². The van der Waals surface area contributed by atoms with E-state index in [1.165, 1.54) is 5.56 Å². The number of allylic oxidation sites excluding steroid dienone is 2. The lowest BCUT2D eigenvalue weighted by Crippen LogP contribution is -2.32. The third kappa shape index (κ3) is 3.74. The zero-order valence-electron chi connectivity index (χ0n) is 18.1. The third-order valence-electron chi connectivity index (χ3n) is 6.58. The summed E-state index contributed by atoms with van der Waals surface area (Å²) in [5.74, 6) is 1.99. The molecule has 3 aromatic rings. The highest BCUT2D eigenvalue weighted by atomic mass is 16.5. The molecule has 1 saturated heterocycles. The molecule has 0 unspecified atom stereocenters. The number of piperidine rings is 1. The Morgan fingerprint density at radius 3 is 2.42 bits per heavy atom. The minimum absolute atomic E-state index is 0.154. The van der Waals surface area contributed by atoms with Crippen molar-refractivity contribution in [1.82, 2.24) is 9.47 Å². The van der Waals surface area contributed by atoms with Crippen molar-refractivity contribution in [3.63, 3.8) is 0 Å². The van der Waals surface area contributed by atoms with Crippen LogP contribution in [0.5, 0.6) is 11.5 Å². The fourth-order valence-corrected chi connectivity index (χ4v) is 4.89. The Morgan fingerprint density at radius 1 is 1.00 bits per heavy atom. The van der Waals surface area contributed by atoms with Crippen LogP contribution in [-0.4, -0.2) is 42.6 Å². The molecule has 2 aliphatic heterocycles. The highest BCUT2D eigenvalue weighted by Crippen LogP contribution is 2.37. The Bertz CT molecular complexity index is 1140. The quantitative estimate of drug-likeness (QED) is 0.566. The molecule has 0 bridgehead atoms. The van der Waals surface area contributed by atoms with E-state index < -0.39 is 0 Å². The number of ketones is 1. The van der Waals surface area contributed by atoms with Gasteiger partial charge in [-0.3, -0.25) is 9.69 Å². The van der Waals surface area contributed by atoms with Crippen LogP contribution in [0.15, 0.2) is 60.2 Å². The number of methoxy groups -OCH3 is 2. The second kappa shape index (κ2) is 8.23. The first-order valence-corrected chi connectivity index (χ1v) is 10.9. The maximum Gasteiger partial charge on any atom is 0.206 e. The van der Waals surface area contributed by atoms with Gasteiger partial charge < -0.3 is 14.0 Å². The average Bonchev–Trinajstić information content (AvgIpc) is 3.30. The highest BCUT2D eigenvalue weighted by molar-refractivity contribution is 6.13. The van der Waals surface area contributed by atoms with Crippen LogP contribution in [0.2, 0.25) is 0 Å². The fourth-order valence-electron chi connectivity index (χ4n) is 4.89. The van der Waals surface area contributed by atoms with E-state index in [1.54, 1.807) is 14.2 Å². The van der Waals surface area contributed by atoms with Gasteiger partial charge in [-0.25, -0.2) is 0 Å². The minimum atomic E-state index is 0.154. The molecular formula is C26H28N2O3. The molecule has 160 valence electrons. The summed E-state index contributed by atoms with van der Waals surface area (Å²) < 4.78 is 13.0. The van der Waals surface area contributed by atoms with Crippen LogP contribution in [0.3, 0.4) is 0 Å². The fraction of sp³-hybridized carbons (Fsp3) is 0.346. The van der Waals surface area contributed by atoms with E-state index in [0.717, 1.165) is 54.6 Å². The topological polar surface area (TPSA) is 43.7 Å². The number of benzene rings is 2. The lowest BCUT2D eigenvalue weighted by Gasteiger charge is -2.30. The van der Waals surface area contributed by atoms with Crippen molar-refractivity contribution in [2.75, 3.05) is 27.3 Å². The van der Waals surface area contributed by atoms with Crippen molar-refractivity contribution >= 4 is 16.7 Å². The molecule has 0 radical (unpaired) electrons. The van der Waals surface area contributed by atoms with Gasteiger partial charge in [-0.2, -0.15) is 0 Å². The number of ether oxygens (including phenoxy) is 2. The maximum absolute atomic E-state index is 13.1. The number of aromatic nitrogens is 1. The van der Waals surface area contributed by atoms with E-state index in [2.05, 4.69) is 45.9 Å². The summed E-state index contributed by atoms with van der Waals surface area (Å²) in [7, 11) is 3.27. The first-order valence-electron chi connectivity index (χ1n) is 10.9. The van der Waals surface area contributed by atoms with Gasteiger partial charge >= 0.3 is 0 Å². The van der Waals surface area contributed by atoms with Crippen molar-refractivity contribution in [3.05, 3.63) is 71.4 Å². The van der Waals surface area contributed by atoms with Crippen molar-refractivity contribution in [2.45, 2.75) is 25.9 Å². The van der Waals surface area contributed by atoms with Gasteiger partial charge in [-0.1, -0.05) is 36.4 Å². The highest BCUT2D eigenvalue weighted by Gasteiger charge is 2.29. The number of Topliss-reactive ketones (excluding diaryl/α,β-unsaturated/α-hetero) is 1. The zero-order chi connectivity index (χ0) is 21.4. The molecule has 3 heterocycles. The molecule has 2 aromatic carbocycles. The monoisotopic (exact) mass is 416 g/mol. The molecule has 0 atom stereocenters. The van der Waals surface area contributed by atoms with Crippen molar-refractivity contribution < 1.29 is 14.3 Å². The van der Waals surface area contributed by atoms with Gasteiger partial charge in [0.1, 0.15) is 0 Å². The van der Waals surface area contributed by atoms with Crippen LogP contribution < -0.4 is 9.47 Å². The molecular weight excluding hydrogens is 388 g/mol. The molecule has 0 N–H and O–H groups in total. The van der Waals surface area contributed by atoms with Gasteiger partial charge in [-0.15, -0.1) is 0 Å². The largest absolute Gasteiger partial charge is 0.493 e. The molecule has 5 nitrogen and oxygen atoms in total. The van der Waals surface area contributed by atoms with Gasteiger partial charge in [0, 0.05) is 23.6 Å². The Balaban J connectivity index is 1.29. The van der Waals surface area contributed by atoms with Crippen LogP contribution in [0, 0.1) is 5.92 Å². The molecule has 0 saturated carbocycles. The van der Waals surface area contributed by atoms with E-state index in [0.29, 0.717) is 24.0 Å². The third-order valence-corrected chi connectivity index (χ3v) is 6.58. The summed E-state index contributed by atoms with van der Waals surface area (Å²) in [6.45, 7) is 3.79.